The average Bonchev–Trinajstić information content (AvgIpc) is 3.44. The number of amides is 1. The number of benzene rings is 1. The second-order valence-corrected chi connectivity index (χ2v) is 9.36. The predicted molar refractivity (Wildman–Crippen MR) is 119 cm³/mol. The van der Waals surface area contributed by atoms with E-state index in [2.05, 4.69) is 52.5 Å². The molecule has 4 rings (SSSR count). The van der Waals surface area contributed by atoms with E-state index in [1.165, 1.54) is 59.9 Å². The molecular weight excluding hydrogens is 402 g/mol. The fourth-order valence-electron chi connectivity index (χ4n) is 3.64. The molecule has 152 valence electrons. The quantitative estimate of drug-likeness (QED) is 0.564. The minimum atomic E-state index is -0.0820. The van der Waals surface area contributed by atoms with Crippen LogP contribution in [0.4, 0.5) is 5.13 Å². The van der Waals surface area contributed by atoms with E-state index in [-0.39, 0.29) is 11.7 Å². The van der Waals surface area contributed by atoms with Crippen LogP contribution in [0.15, 0.2) is 28.7 Å². The lowest BCUT2D eigenvalue weighted by Crippen LogP contribution is -2.14. The Hall–Kier alpha value is -2.19. The van der Waals surface area contributed by atoms with Gasteiger partial charge in [0.2, 0.25) is 5.91 Å². The number of nitrogens with zero attached hydrogens (tertiary/aromatic N) is 4. The molecule has 0 radical (unpaired) electrons. The second-order valence-electron chi connectivity index (χ2n) is 7.55. The summed E-state index contributed by atoms with van der Waals surface area (Å²) in [6.45, 7) is 4.19. The van der Waals surface area contributed by atoms with Gasteiger partial charge in [-0.15, -0.1) is 21.5 Å². The minimum Gasteiger partial charge on any atom is -0.309 e. The van der Waals surface area contributed by atoms with Gasteiger partial charge in [-0.25, -0.2) is 4.98 Å². The van der Waals surface area contributed by atoms with Crippen molar-refractivity contribution >= 4 is 34.1 Å². The third-order valence-electron chi connectivity index (χ3n) is 5.47. The van der Waals surface area contributed by atoms with E-state index in [4.69, 9.17) is 0 Å². The number of nitrogens with one attached hydrogen (secondary N) is 1. The number of rotatable bonds is 6. The average molecular weight is 428 g/mol. The molecular formula is C21H25N5OS2. The Morgan fingerprint density at radius 2 is 2.03 bits per heavy atom. The van der Waals surface area contributed by atoms with Crippen LogP contribution < -0.4 is 5.32 Å². The maximum Gasteiger partial charge on any atom is 0.236 e. The number of aryl methyl sites for hydroxylation is 2. The number of hydrogen-bond donors (Lipinski definition) is 1. The Kier molecular flexibility index (Phi) is 6.01. The molecule has 0 spiro atoms. The van der Waals surface area contributed by atoms with E-state index < -0.39 is 0 Å². The van der Waals surface area contributed by atoms with Gasteiger partial charge in [0.15, 0.2) is 10.3 Å². The summed E-state index contributed by atoms with van der Waals surface area (Å²) in [7, 11) is 1.99. The predicted octanol–water partition coefficient (Wildman–Crippen LogP) is 4.94. The highest BCUT2D eigenvalue weighted by Gasteiger charge is 2.23. The van der Waals surface area contributed by atoms with E-state index in [1.54, 1.807) is 0 Å². The Labute approximate surface area is 179 Å². The molecule has 1 N–H and O–H groups in total. The van der Waals surface area contributed by atoms with Gasteiger partial charge >= 0.3 is 0 Å². The molecule has 1 amide bonds. The topological polar surface area (TPSA) is 72.7 Å². The van der Waals surface area contributed by atoms with Crippen LogP contribution in [0.5, 0.6) is 0 Å². The SMILES string of the molecule is Cc1ccc(-c2csc(NC(=O)CSc3nnc(C4CCCC4)n3C)n2)cc1C. The highest BCUT2D eigenvalue weighted by atomic mass is 32.2. The summed E-state index contributed by atoms with van der Waals surface area (Å²) in [5.74, 6) is 1.76. The van der Waals surface area contributed by atoms with Crippen LogP contribution in [-0.2, 0) is 11.8 Å². The van der Waals surface area contributed by atoms with Crippen molar-refractivity contribution in [1.29, 1.82) is 0 Å². The highest BCUT2D eigenvalue weighted by Crippen LogP contribution is 2.34. The van der Waals surface area contributed by atoms with Gasteiger partial charge in [-0.05, 0) is 43.9 Å². The number of aromatic nitrogens is 4. The van der Waals surface area contributed by atoms with E-state index >= 15 is 0 Å². The molecule has 8 heteroatoms. The van der Waals surface area contributed by atoms with E-state index in [1.807, 2.05) is 17.0 Å². The van der Waals surface area contributed by atoms with Gasteiger partial charge in [-0.3, -0.25) is 4.79 Å². The summed E-state index contributed by atoms with van der Waals surface area (Å²) in [5, 5.41) is 14.9. The lowest BCUT2D eigenvalue weighted by molar-refractivity contribution is -0.113. The van der Waals surface area contributed by atoms with Crippen LogP contribution in [0.2, 0.25) is 0 Å². The van der Waals surface area contributed by atoms with E-state index in [0.717, 1.165) is 22.2 Å². The number of hydrogen-bond acceptors (Lipinski definition) is 6. The van der Waals surface area contributed by atoms with Gasteiger partial charge in [0.1, 0.15) is 5.82 Å². The third-order valence-corrected chi connectivity index (χ3v) is 7.25. The van der Waals surface area contributed by atoms with Crippen molar-refractivity contribution in [2.45, 2.75) is 50.6 Å². The third kappa shape index (κ3) is 4.53. The van der Waals surface area contributed by atoms with Crippen LogP contribution in [0.1, 0.15) is 48.6 Å². The zero-order valence-corrected chi connectivity index (χ0v) is 18.6. The van der Waals surface area contributed by atoms with Crippen LogP contribution >= 0.6 is 23.1 Å². The molecule has 29 heavy (non-hydrogen) atoms. The number of carbonyl (C=O) groups is 1. The fourth-order valence-corrected chi connectivity index (χ4v) is 5.10. The molecule has 0 atom stereocenters. The first kappa shape index (κ1) is 20.1. The van der Waals surface area contributed by atoms with Crippen LogP contribution in [-0.4, -0.2) is 31.4 Å². The molecule has 1 aliphatic carbocycles. The summed E-state index contributed by atoms with van der Waals surface area (Å²) in [6.07, 6.45) is 4.90. The lowest BCUT2D eigenvalue weighted by Gasteiger charge is -2.08. The number of thioether (sulfide) groups is 1. The zero-order chi connectivity index (χ0) is 20.4. The smallest absolute Gasteiger partial charge is 0.236 e. The maximum atomic E-state index is 12.4. The van der Waals surface area contributed by atoms with Gasteiger partial charge in [0.05, 0.1) is 11.4 Å². The van der Waals surface area contributed by atoms with Crippen molar-refractivity contribution in [3.8, 4) is 11.3 Å². The molecule has 1 aromatic carbocycles. The van der Waals surface area contributed by atoms with Crippen molar-refractivity contribution in [3.05, 3.63) is 40.5 Å². The Morgan fingerprint density at radius 3 is 2.79 bits per heavy atom. The largest absolute Gasteiger partial charge is 0.309 e. The minimum absolute atomic E-state index is 0.0820. The van der Waals surface area contributed by atoms with Crippen molar-refractivity contribution in [2.75, 3.05) is 11.1 Å². The normalized spacial score (nSPS) is 14.4. The second kappa shape index (κ2) is 8.67. The molecule has 2 heterocycles. The molecule has 0 bridgehead atoms. The van der Waals surface area contributed by atoms with Gasteiger partial charge in [0, 0.05) is 23.9 Å². The van der Waals surface area contributed by atoms with Crippen molar-refractivity contribution in [2.24, 2.45) is 7.05 Å². The molecule has 0 saturated heterocycles. The first-order chi connectivity index (χ1) is 14.0. The standard InChI is InChI=1S/C21H25N5OS2/c1-13-8-9-16(10-14(13)2)17-11-28-20(22-17)23-18(27)12-29-21-25-24-19(26(21)3)15-6-4-5-7-15/h8-11,15H,4-7,12H2,1-3H3,(H,22,23,27). The van der Waals surface area contributed by atoms with Crippen molar-refractivity contribution in [1.82, 2.24) is 19.7 Å². The summed E-state index contributed by atoms with van der Waals surface area (Å²) >= 11 is 2.86. The summed E-state index contributed by atoms with van der Waals surface area (Å²) in [5.41, 5.74) is 4.45. The Balaban J connectivity index is 1.34. The molecule has 0 unspecified atom stereocenters. The van der Waals surface area contributed by atoms with E-state index in [9.17, 15) is 4.79 Å². The Bertz CT molecular complexity index is 1020. The fraction of sp³-hybridized carbons (Fsp3) is 0.429. The Morgan fingerprint density at radius 1 is 1.24 bits per heavy atom. The summed E-state index contributed by atoms with van der Waals surface area (Å²) in [6, 6.07) is 6.29. The first-order valence-electron chi connectivity index (χ1n) is 9.86. The summed E-state index contributed by atoms with van der Waals surface area (Å²) in [4.78, 5) is 16.9. The number of thiazole rings is 1. The van der Waals surface area contributed by atoms with Gasteiger partial charge in [0.25, 0.3) is 0 Å². The van der Waals surface area contributed by atoms with Crippen LogP contribution in [0.25, 0.3) is 11.3 Å². The van der Waals surface area contributed by atoms with Crippen molar-refractivity contribution < 1.29 is 4.79 Å². The maximum absolute atomic E-state index is 12.4. The van der Waals surface area contributed by atoms with Crippen LogP contribution in [0, 0.1) is 13.8 Å². The number of carbonyl (C=O) groups excluding carboxylic acids is 1. The molecule has 2 aromatic heterocycles. The lowest BCUT2D eigenvalue weighted by atomic mass is 10.1. The number of anilines is 1. The van der Waals surface area contributed by atoms with Crippen LogP contribution in [0.3, 0.4) is 0 Å². The molecule has 3 aromatic rings. The monoisotopic (exact) mass is 427 g/mol. The molecule has 6 nitrogen and oxygen atoms in total. The van der Waals surface area contributed by atoms with Gasteiger partial charge in [-0.1, -0.05) is 36.7 Å². The van der Waals surface area contributed by atoms with Gasteiger partial charge in [-0.2, -0.15) is 0 Å². The zero-order valence-electron chi connectivity index (χ0n) is 16.9. The molecule has 1 fully saturated rings. The molecule has 0 aliphatic heterocycles. The summed E-state index contributed by atoms with van der Waals surface area (Å²) < 4.78 is 2.04. The van der Waals surface area contributed by atoms with Crippen molar-refractivity contribution in [3.63, 3.8) is 0 Å². The van der Waals surface area contributed by atoms with E-state index in [0.29, 0.717) is 11.0 Å². The molecule has 1 saturated carbocycles. The molecule has 1 aliphatic rings. The highest BCUT2D eigenvalue weighted by molar-refractivity contribution is 7.99. The van der Waals surface area contributed by atoms with Gasteiger partial charge < -0.3 is 9.88 Å². The first-order valence-corrected chi connectivity index (χ1v) is 11.7.